The van der Waals surface area contributed by atoms with Crippen molar-refractivity contribution in [3.63, 3.8) is 0 Å². The topological polar surface area (TPSA) is 39.9 Å². The number of pyridine rings is 1. The Morgan fingerprint density at radius 2 is 2.17 bits per heavy atom. The zero-order chi connectivity index (χ0) is 13.6. The molecule has 0 aliphatic heterocycles. The lowest BCUT2D eigenvalue weighted by Crippen LogP contribution is -2.34. The van der Waals surface area contributed by atoms with Gasteiger partial charge in [0, 0.05) is 31.4 Å². The van der Waals surface area contributed by atoms with E-state index in [2.05, 4.69) is 4.98 Å². The highest BCUT2D eigenvalue weighted by Crippen LogP contribution is 2.26. The number of alkyl halides is 3. The SMILES string of the molecule is CN(CCc1ccccn1)CC(C#N)C(F)(F)F. The zero-order valence-electron chi connectivity index (χ0n) is 9.98. The number of hydrogen-bond donors (Lipinski definition) is 0. The Morgan fingerprint density at radius 1 is 1.44 bits per heavy atom. The minimum atomic E-state index is -4.46. The van der Waals surface area contributed by atoms with Crippen LogP contribution in [0.3, 0.4) is 0 Å². The standard InChI is InChI=1S/C12H14F3N3/c1-18(9-10(8-16)12(13,14)15)7-5-11-4-2-3-6-17-11/h2-4,6,10H,5,7,9H2,1H3. The second kappa shape index (κ2) is 6.36. The minimum Gasteiger partial charge on any atom is -0.304 e. The molecule has 0 radical (unpaired) electrons. The summed E-state index contributed by atoms with van der Waals surface area (Å²) in [6.07, 6.45) is -2.26. The van der Waals surface area contributed by atoms with Crippen molar-refractivity contribution in [3.05, 3.63) is 30.1 Å². The van der Waals surface area contributed by atoms with Crippen molar-refractivity contribution >= 4 is 0 Å². The first-order valence-electron chi connectivity index (χ1n) is 5.48. The molecule has 6 heteroatoms. The molecule has 0 N–H and O–H groups in total. The van der Waals surface area contributed by atoms with Gasteiger partial charge in [-0.15, -0.1) is 0 Å². The molecular weight excluding hydrogens is 243 g/mol. The third-order valence-corrected chi connectivity index (χ3v) is 2.52. The molecule has 0 bridgehead atoms. The fraction of sp³-hybridized carbons (Fsp3) is 0.500. The summed E-state index contributed by atoms with van der Waals surface area (Å²) < 4.78 is 37.1. The maximum atomic E-state index is 12.4. The first-order chi connectivity index (χ1) is 8.43. The maximum Gasteiger partial charge on any atom is 0.405 e. The first kappa shape index (κ1) is 14.5. The minimum absolute atomic E-state index is 0.313. The average Bonchev–Trinajstić information content (AvgIpc) is 2.33. The summed E-state index contributed by atoms with van der Waals surface area (Å²) in [5.41, 5.74) is 0.824. The Morgan fingerprint density at radius 3 is 2.67 bits per heavy atom. The van der Waals surface area contributed by atoms with Crippen molar-refractivity contribution in [2.45, 2.75) is 12.6 Å². The molecule has 0 saturated heterocycles. The van der Waals surface area contributed by atoms with Gasteiger partial charge in [-0.2, -0.15) is 18.4 Å². The van der Waals surface area contributed by atoms with Gasteiger partial charge < -0.3 is 4.90 Å². The zero-order valence-corrected chi connectivity index (χ0v) is 9.98. The molecule has 0 saturated carbocycles. The molecule has 0 amide bonds. The van der Waals surface area contributed by atoms with E-state index in [1.54, 1.807) is 19.3 Å². The largest absolute Gasteiger partial charge is 0.405 e. The molecule has 1 aromatic heterocycles. The number of nitrogens with zero attached hydrogens (tertiary/aromatic N) is 3. The van der Waals surface area contributed by atoms with Gasteiger partial charge in [0.1, 0.15) is 0 Å². The van der Waals surface area contributed by atoms with Crippen LogP contribution in [0.5, 0.6) is 0 Å². The average molecular weight is 257 g/mol. The number of rotatable bonds is 5. The van der Waals surface area contributed by atoms with Crippen molar-refractivity contribution in [3.8, 4) is 6.07 Å². The second-order valence-electron chi connectivity index (χ2n) is 4.06. The van der Waals surface area contributed by atoms with Crippen LogP contribution in [0.2, 0.25) is 0 Å². The van der Waals surface area contributed by atoms with E-state index in [0.717, 1.165) is 5.69 Å². The van der Waals surface area contributed by atoms with Crippen LogP contribution in [0.4, 0.5) is 13.2 Å². The normalized spacial score (nSPS) is 13.3. The van der Waals surface area contributed by atoms with E-state index in [9.17, 15) is 13.2 Å². The molecule has 0 fully saturated rings. The Balaban J connectivity index is 2.43. The molecule has 3 nitrogen and oxygen atoms in total. The number of halogens is 3. The smallest absolute Gasteiger partial charge is 0.304 e. The van der Waals surface area contributed by atoms with Crippen LogP contribution in [-0.4, -0.2) is 36.2 Å². The fourth-order valence-electron chi connectivity index (χ4n) is 1.47. The van der Waals surface area contributed by atoms with E-state index in [-0.39, 0.29) is 6.54 Å². The number of hydrogen-bond acceptors (Lipinski definition) is 3. The van der Waals surface area contributed by atoms with E-state index in [1.165, 1.54) is 11.0 Å². The second-order valence-corrected chi connectivity index (χ2v) is 4.06. The number of likely N-dealkylation sites (N-methyl/N-ethyl adjacent to an activating group) is 1. The van der Waals surface area contributed by atoms with E-state index >= 15 is 0 Å². The molecule has 0 aliphatic carbocycles. The van der Waals surface area contributed by atoms with Crippen molar-refractivity contribution < 1.29 is 13.2 Å². The van der Waals surface area contributed by atoms with Gasteiger partial charge in [0.2, 0.25) is 0 Å². The number of nitriles is 1. The van der Waals surface area contributed by atoms with Crippen LogP contribution in [0.25, 0.3) is 0 Å². The lowest BCUT2D eigenvalue weighted by atomic mass is 10.1. The summed E-state index contributed by atoms with van der Waals surface area (Å²) in [4.78, 5) is 5.58. The highest BCUT2D eigenvalue weighted by atomic mass is 19.4. The molecule has 98 valence electrons. The molecule has 1 aromatic rings. The molecule has 18 heavy (non-hydrogen) atoms. The van der Waals surface area contributed by atoms with Crippen molar-refractivity contribution in [1.82, 2.24) is 9.88 Å². The Hall–Kier alpha value is -1.61. The van der Waals surface area contributed by atoms with E-state index in [0.29, 0.717) is 13.0 Å². The van der Waals surface area contributed by atoms with Gasteiger partial charge >= 0.3 is 6.18 Å². The lowest BCUT2D eigenvalue weighted by Gasteiger charge is -2.21. The van der Waals surface area contributed by atoms with Crippen LogP contribution < -0.4 is 0 Å². The molecule has 1 unspecified atom stereocenters. The quantitative estimate of drug-likeness (QED) is 0.812. The predicted molar refractivity (Wildman–Crippen MR) is 60.6 cm³/mol. The Kier molecular flexibility index (Phi) is 5.10. The molecule has 1 atom stereocenters. The molecule has 0 spiro atoms. The third kappa shape index (κ3) is 4.72. The van der Waals surface area contributed by atoms with Crippen molar-refractivity contribution in [2.75, 3.05) is 20.1 Å². The summed E-state index contributed by atoms with van der Waals surface area (Å²) in [7, 11) is 1.57. The Bertz CT molecular complexity index is 397. The van der Waals surface area contributed by atoms with Gasteiger partial charge in [-0.25, -0.2) is 0 Å². The lowest BCUT2D eigenvalue weighted by molar-refractivity contribution is -0.162. The van der Waals surface area contributed by atoms with Crippen LogP contribution in [0.15, 0.2) is 24.4 Å². The van der Waals surface area contributed by atoms with E-state index in [1.807, 2.05) is 12.1 Å². The van der Waals surface area contributed by atoms with Crippen LogP contribution in [0.1, 0.15) is 5.69 Å². The van der Waals surface area contributed by atoms with Crippen molar-refractivity contribution in [2.24, 2.45) is 5.92 Å². The number of aromatic nitrogens is 1. The summed E-state index contributed by atoms with van der Waals surface area (Å²) in [5, 5.41) is 8.49. The summed E-state index contributed by atoms with van der Waals surface area (Å²) >= 11 is 0. The monoisotopic (exact) mass is 257 g/mol. The highest BCUT2D eigenvalue weighted by molar-refractivity contribution is 5.03. The molecule has 1 heterocycles. The van der Waals surface area contributed by atoms with Crippen LogP contribution in [0, 0.1) is 17.2 Å². The molecular formula is C12H14F3N3. The fourth-order valence-corrected chi connectivity index (χ4v) is 1.47. The van der Waals surface area contributed by atoms with Gasteiger partial charge in [0.25, 0.3) is 0 Å². The molecule has 0 aliphatic rings. The molecule has 0 aromatic carbocycles. The summed E-state index contributed by atoms with van der Waals surface area (Å²) in [5.74, 6) is -1.94. The highest BCUT2D eigenvalue weighted by Gasteiger charge is 2.40. The predicted octanol–water partition coefficient (Wildman–Crippen LogP) is 2.26. The van der Waals surface area contributed by atoms with Gasteiger partial charge in [0.05, 0.1) is 6.07 Å². The summed E-state index contributed by atoms with van der Waals surface area (Å²) in [6, 6.07) is 6.72. The van der Waals surface area contributed by atoms with Crippen molar-refractivity contribution in [1.29, 1.82) is 5.26 Å². The van der Waals surface area contributed by atoms with Gasteiger partial charge in [0.15, 0.2) is 5.92 Å². The van der Waals surface area contributed by atoms with Gasteiger partial charge in [-0.3, -0.25) is 4.98 Å². The van der Waals surface area contributed by atoms with E-state index in [4.69, 9.17) is 5.26 Å². The van der Waals surface area contributed by atoms with Crippen LogP contribution >= 0.6 is 0 Å². The van der Waals surface area contributed by atoms with Gasteiger partial charge in [-0.1, -0.05) is 6.07 Å². The van der Waals surface area contributed by atoms with E-state index < -0.39 is 12.1 Å². The van der Waals surface area contributed by atoms with Gasteiger partial charge in [-0.05, 0) is 19.2 Å². The van der Waals surface area contributed by atoms with Crippen LogP contribution in [-0.2, 0) is 6.42 Å². The maximum absolute atomic E-state index is 12.4. The third-order valence-electron chi connectivity index (χ3n) is 2.52. The molecule has 1 rings (SSSR count). The first-order valence-corrected chi connectivity index (χ1v) is 5.48. The Labute approximate surface area is 104 Å². The summed E-state index contributed by atoms with van der Waals surface area (Å²) in [6.45, 7) is 0.123.